The molecule has 0 amide bonds. The summed E-state index contributed by atoms with van der Waals surface area (Å²) in [4.78, 5) is 13.5. The van der Waals surface area contributed by atoms with Crippen molar-refractivity contribution < 1.29 is 0 Å². The molecule has 0 unspecified atom stereocenters. The normalized spacial score (nSPS) is 15.9. The molecule has 0 spiro atoms. The van der Waals surface area contributed by atoms with Crippen LogP contribution in [-0.4, -0.2) is 18.2 Å². The van der Waals surface area contributed by atoms with E-state index in [9.17, 15) is 4.79 Å². The highest BCUT2D eigenvalue weighted by atomic mass is 16.1. The molecular weight excluding hydrogens is 152 g/mol. The first-order chi connectivity index (χ1) is 5.79. The third kappa shape index (κ3) is 1.02. The number of pyridine rings is 1. The van der Waals surface area contributed by atoms with E-state index in [1.54, 1.807) is 6.07 Å². The van der Waals surface area contributed by atoms with Crippen molar-refractivity contribution in [1.82, 2.24) is 4.57 Å². The van der Waals surface area contributed by atoms with Gasteiger partial charge in [-0.15, -0.1) is 0 Å². The molecule has 0 aromatic carbocycles. The number of hydrogen-bond acceptors (Lipinski definition) is 2. The zero-order valence-electron chi connectivity index (χ0n) is 7.16. The van der Waals surface area contributed by atoms with E-state index in [1.807, 2.05) is 23.7 Å². The third-order valence-electron chi connectivity index (χ3n) is 2.29. The average Bonchev–Trinajstić information content (AvgIpc) is 2.07. The number of nitrogens with zero attached hydrogens (tertiary/aromatic N) is 2. The van der Waals surface area contributed by atoms with E-state index in [-0.39, 0.29) is 5.56 Å². The Hall–Kier alpha value is -1.25. The molecule has 0 atom stereocenters. The van der Waals surface area contributed by atoms with E-state index < -0.39 is 0 Å². The minimum Gasteiger partial charge on any atom is -0.361 e. The quantitative estimate of drug-likeness (QED) is 0.563. The molecule has 0 radical (unpaired) electrons. The lowest BCUT2D eigenvalue weighted by atomic mass is 10.3. The second-order valence-electron chi connectivity index (χ2n) is 3.15. The van der Waals surface area contributed by atoms with Crippen molar-refractivity contribution in [3.8, 4) is 0 Å². The first kappa shape index (κ1) is 7.40. The van der Waals surface area contributed by atoms with Crippen molar-refractivity contribution in [2.24, 2.45) is 0 Å². The highest BCUT2D eigenvalue weighted by molar-refractivity contribution is 5.39. The topological polar surface area (TPSA) is 25.2 Å². The fourth-order valence-corrected chi connectivity index (χ4v) is 1.65. The molecule has 0 N–H and O–H groups in total. The molecule has 1 aromatic rings. The zero-order chi connectivity index (χ0) is 8.55. The predicted molar refractivity (Wildman–Crippen MR) is 48.6 cm³/mol. The Morgan fingerprint density at radius 1 is 1.33 bits per heavy atom. The molecule has 0 saturated heterocycles. The minimum absolute atomic E-state index is 0.110. The molecule has 1 aliphatic rings. The number of aromatic nitrogens is 1. The average molecular weight is 164 g/mol. The molecule has 3 nitrogen and oxygen atoms in total. The Morgan fingerprint density at radius 3 is 2.92 bits per heavy atom. The van der Waals surface area contributed by atoms with Crippen LogP contribution >= 0.6 is 0 Å². The van der Waals surface area contributed by atoms with E-state index in [1.165, 1.54) is 0 Å². The molecule has 0 fully saturated rings. The lowest BCUT2D eigenvalue weighted by Crippen LogP contribution is -2.34. The number of anilines is 1. The maximum absolute atomic E-state index is 11.3. The standard InChI is InChI=1S/C9H12N2O/c1-10-6-3-7-11-8(10)4-2-5-9(11)12/h2,4-5H,3,6-7H2,1H3. The van der Waals surface area contributed by atoms with E-state index in [0.29, 0.717) is 0 Å². The van der Waals surface area contributed by atoms with E-state index >= 15 is 0 Å². The van der Waals surface area contributed by atoms with E-state index in [2.05, 4.69) is 4.90 Å². The van der Waals surface area contributed by atoms with Crippen LogP contribution in [0, 0.1) is 0 Å². The largest absolute Gasteiger partial charge is 0.361 e. The van der Waals surface area contributed by atoms with Gasteiger partial charge in [0.25, 0.3) is 5.56 Å². The van der Waals surface area contributed by atoms with Crippen molar-refractivity contribution in [1.29, 1.82) is 0 Å². The summed E-state index contributed by atoms with van der Waals surface area (Å²) in [6, 6.07) is 5.42. The SMILES string of the molecule is CN1CCCn2c1cccc2=O. The van der Waals surface area contributed by atoms with Crippen molar-refractivity contribution >= 4 is 5.82 Å². The molecule has 1 aromatic heterocycles. The van der Waals surface area contributed by atoms with Crippen molar-refractivity contribution in [2.45, 2.75) is 13.0 Å². The molecule has 3 heteroatoms. The first-order valence-electron chi connectivity index (χ1n) is 4.20. The van der Waals surface area contributed by atoms with Crippen LogP contribution in [0.25, 0.3) is 0 Å². The molecule has 2 heterocycles. The number of rotatable bonds is 0. The molecule has 1 aliphatic heterocycles. The molecule has 0 aliphatic carbocycles. The number of hydrogen-bond donors (Lipinski definition) is 0. The molecule has 64 valence electrons. The molecule has 0 saturated carbocycles. The summed E-state index contributed by atoms with van der Waals surface area (Å²) in [5.41, 5.74) is 0.110. The van der Waals surface area contributed by atoms with Gasteiger partial charge in [0, 0.05) is 26.2 Å². The summed E-state index contributed by atoms with van der Waals surface area (Å²) in [6.45, 7) is 1.91. The van der Waals surface area contributed by atoms with Crippen LogP contribution in [0.2, 0.25) is 0 Å². The fourth-order valence-electron chi connectivity index (χ4n) is 1.65. The summed E-state index contributed by atoms with van der Waals surface area (Å²) in [5, 5.41) is 0. The second kappa shape index (κ2) is 2.66. The Morgan fingerprint density at radius 2 is 2.17 bits per heavy atom. The van der Waals surface area contributed by atoms with E-state index in [4.69, 9.17) is 0 Å². The monoisotopic (exact) mass is 164 g/mol. The minimum atomic E-state index is 0.110. The van der Waals surface area contributed by atoms with Gasteiger partial charge in [0.1, 0.15) is 5.82 Å². The van der Waals surface area contributed by atoms with Crippen molar-refractivity contribution in [3.05, 3.63) is 28.6 Å². The van der Waals surface area contributed by atoms with Gasteiger partial charge in [0.2, 0.25) is 0 Å². The summed E-state index contributed by atoms with van der Waals surface area (Å²) in [6.07, 6.45) is 1.06. The van der Waals surface area contributed by atoms with Crippen LogP contribution in [0.4, 0.5) is 5.82 Å². The Bertz CT molecular complexity index is 343. The Kier molecular flexibility index (Phi) is 1.64. The Labute approximate surface area is 71.2 Å². The van der Waals surface area contributed by atoms with Crippen LogP contribution in [0.5, 0.6) is 0 Å². The lowest BCUT2D eigenvalue weighted by Gasteiger charge is -2.28. The van der Waals surface area contributed by atoms with Gasteiger partial charge in [-0.3, -0.25) is 9.36 Å². The first-order valence-corrected chi connectivity index (χ1v) is 4.20. The van der Waals surface area contributed by atoms with Crippen LogP contribution < -0.4 is 10.5 Å². The van der Waals surface area contributed by atoms with Crippen molar-refractivity contribution in [2.75, 3.05) is 18.5 Å². The van der Waals surface area contributed by atoms with Gasteiger partial charge in [-0.25, -0.2) is 0 Å². The highest BCUT2D eigenvalue weighted by Crippen LogP contribution is 2.14. The molecule has 0 bridgehead atoms. The van der Waals surface area contributed by atoms with Crippen molar-refractivity contribution in [3.63, 3.8) is 0 Å². The van der Waals surface area contributed by atoms with Gasteiger partial charge < -0.3 is 4.90 Å². The van der Waals surface area contributed by atoms with Gasteiger partial charge in [-0.2, -0.15) is 0 Å². The predicted octanol–water partition coefficient (Wildman–Crippen LogP) is 0.688. The summed E-state index contributed by atoms with van der Waals surface area (Å²) in [5.74, 6) is 1.04. The van der Waals surface area contributed by atoms with Crippen LogP contribution in [0.1, 0.15) is 6.42 Å². The van der Waals surface area contributed by atoms with E-state index in [0.717, 1.165) is 25.3 Å². The smallest absolute Gasteiger partial charge is 0.252 e. The fraction of sp³-hybridized carbons (Fsp3) is 0.444. The van der Waals surface area contributed by atoms with Gasteiger partial charge in [-0.1, -0.05) is 6.07 Å². The number of fused-ring (bicyclic) bond motifs is 1. The van der Waals surface area contributed by atoms with Gasteiger partial charge >= 0.3 is 0 Å². The maximum atomic E-state index is 11.3. The molecule has 12 heavy (non-hydrogen) atoms. The van der Waals surface area contributed by atoms with Gasteiger partial charge in [-0.05, 0) is 12.5 Å². The second-order valence-corrected chi connectivity index (χ2v) is 3.15. The third-order valence-corrected chi connectivity index (χ3v) is 2.29. The highest BCUT2D eigenvalue weighted by Gasteiger charge is 2.12. The molecular formula is C9H12N2O. The zero-order valence-corrected chi connectivity index (χ0v) is 7.16. The summed E-state index contributed by atoms with van der Waals surface area (Å²) >= 11 is 0. The van der Waals surface area contributed by atoms with Crippen LogP contribution in [-0.2, 0) is 6.54 Å². The lowest BCUT2D eigenvalue weighted by molar-refractivity contribution is 0.566. The van der Waals surface area contributed by atoms with Gasteiger partial charge in [0.15, 0.2) is 0 Å². The van der Waals surface area contributed by atoms with Crippen LogP contribution in [0.3, 0.4) is 0 Å². The maximum Gasteiger partial charge on any atom is 0.252 e. The summed E-state index contributed by atoms with van der Waals surface area (Å²) in [7, 11) is 2.02. The summed E-state index contributed by atoms with van der Waals surface area (Å²) < 4.78 is 1.82. The Balaban J connectivity index is 2.59. The van der Waals surface area contributed by atoms with Gasteiger partial charge in [0.05, 0.1) is 0 Å². The molecule has 2 rings (SSSR count). The van der Waals surface area contributed by atoms with Crippen LogP contribution in [0.15, 0.2) is 23.0 Å².